The molecule has 1 spiro atoms. The highest BCUT2D eigenvalue weighted by atomic mass is 16.3. The molecule has 166 valence electrons. The van der Waals surface area contributed by atoms with Crippen molar-refractivity contribution in [3.63, 3.8) is 0 Å². The Balaban J connectivity index is 1.49. The van der Waals surface area contributed by atoms with E-state index in [1.807, 2.05) is 12.1 Å². The lowest BCUT2D eigenvalue weighted by molar-refractivity contribution is -0.125. The number of furan rings is 1. The predicted octanol–water partition coefficient (Wildman–Crippen LogP) is 5.68. The molecule has 0 N–H and O–H groups in total. The first-order valence-electron chi connectivity index (χ1n) is 12.6. The van der Waals surface area contributed by atoms with Crippen LogP contribution in [-0.2, 0) is 10.3 Å². The average molecular weight is 423 g/mol. The summed E-state index contributed by atoms with van der Waals surface area (Å²) in [5.41, 5.74) is 0.0137. The number of carbonyl (C=O) groups is 1. The number of hydrogen-bond donors (Lipinski definition) is 0. The second-order valence-electron chi connectivity index (χ2n) is 10.3. The van der Waals surface area contributed by atoms with Crippen LogP contribution in [0, 0.1) is 11.8 Å². The minimum Gasteiger partial charge on any atom is -0.461 e. The van der Waals surface area contributed by atoms with Crippen molar-refractivity contribution in [2.75, 3.05) is 4.90 Å². The van der Waals surface area contributed by atoms with Crippen molar-refractivity contribution in [1.29, 1.82) is 0 Å². The standard InChI is InChI=1S/C25H34N4O2/c30-23(18-10-3-1-4-11-18)28-20-13-6-5-12-19(20)25(15-7-2-8-16-25)29-24(28)26-22(27-29)21-14-9-17-31-21/h9,14,17-20H,1-8,10-13,15-16H2. The van der Waals surface area contributed by atoms with Gasteiger partial charge in [-0.15, -0.1) is 5.10 Å². The molecule has 2 aromatic heterocycles. The van der Waals surface area contributed by atoms with Gasteiger partial charge in [0, 0.05) is 17.9 Å². The van der Waals surface area contributed by atoms with E-state index >= 15 is 0 Å². The van der Waals surface area contributed by atoms with Crippen molar-refractivity contribution in [2.24, 2.45) is 11.8 Å². The van der Waals surface area contributed by atoms with E-state index in [4.69, 9.17) is 14.5 Å². The van der Waals surface area contributed by atoms with Gasteiger partial charge >= 0.3 is 0 Å². The molecule has 6 rings (SSSR count). The molecular formula is C25H34N4O2. The van der Waals surface area contributed by atoms with Gasteiger partial charge in [-0.1, -0.05) is 51.4 Å². The predicted molar refractivity (Wildman–Crippen MR) is 119 cm³/mol. The van der Waals surface area contributed by atoms with Gasteiger partial charge < -0.3 is 4.42 Å². The maximum Gasteiger partial charge on any atom is 0.232 e. The fourth-order valence-electron chi connectivity index (χ4n) is 7.18. The first-order chi connectivity index (χ1) is 15.3. The molecular weight excluding hydrogens is 388 g/mol. The van der Waals surface area contributed by atoms with Crippen molar-refractivity contribution in [1.82, 2.24) is 14.8 Å². The SMILES string of the molecule is O=C(C1CCCCC1)N1c2nc(-c3ccco3)nn2C2(CCCCC2)C2CCCCC21. The van der Waals surface area contributed by atoms with Crippen LogP contribution in [-0.4, -0.2) is 26.7 Å². The molecule has 6 nitrogen and oxygen atoms in total. The Bertz CT molecular complexity index is 921. The number of carbonyl (C=O) groups excluding carboxylic acids is 1. The summed E-state index contributed by atoms with van der Waals surface area (Å²) in [4.78, 5) is 21.1. The minimum absolute atomic E-state index is 0.0137. The molecule has 3 aliphatic carbocycles. The number of aromatic nitrogens is 3. The van der Waals surface area contributed by atoms with Crippen molar-refractivity contribution in [2.45, 2.75) is 101 Å². The van der Waals surface area contributed by atoms with Crippen molar-refractivity contribution in [3.05, 3.63) is 18.4 Å². The topological polar surface area (TPSA) is 64.2 Å². The molecule has 2 atom stereocenters. The van der Waals surface area contributed by atoms with Crippen molar-refractivity contribution < 1.29 is 9.21 Å². The van der Waals surface area contributed by atoms with E-state index in [2.05, 4.69) is 9.58 Å². The number of hydrogen-bond acceptors (Lipinski definition) is 4. The maximum atomic E-state index is 14.0. The quantitative estimate of drug-likeness (QED) is 0.624. The van der Waals surface area contributed by atoms with Gasteiger partial charge in [0.05, 0.1) is 11.8 Å². The monoisotopic (exact) mass is 422 g/mol. The fraction of sp³-hybridized carbons (Fsp3) is 0.720. The Hall–Kier alpha value is -2.11. The number of amides is 1. The third-order valence-electron chi connectivity index (χ3n) is 8.63. The second-order valence-corrected chi connectivity index (χ2v) is 10.3. The summed E-state index contributed by atoms with van der Waals surface area (Å²) >= 11 is 0. The lowest BCUT2D eigenvalue weighted by Gasteiger charge is -2.55. The highest BCUT2D eigenvalue weighted by Gasteiger charge is 2.55. The number of fused-ring (bicyclic) bond motifs is 4. The highest BCUT2D eigenvalue weighted by Crippen LogP contribution is 2.53. The Morgan fingerprint density at radius 3 is 2.48 bits per heavy atom. The fourth-order valence-corrected chi connectivity index (χ4v) is 7.18. The van der Waals surface area contributed by atoms with Gasteiger partial charge in [0.1, 0.15) is 0 Å². The Kier molecular flexibility index (Phi) is 4.91. The van der Waals surface area contributed by atoms with Crippen molar-refractivity contribution in [3.8, 4) is 11.6 Å². The van der Waals surface area contributed by atoms with E-state index in [1.54, 1.807) is 6.26 Å². The van der Waals surface area contributed by atoms with Crippen LogP contribution in [0.4, 0.5) is 5.95 Å². The average Bonchev–Trinajstić information content (AvgIpc) is 3.51. The van der Waals surface area contributed by atoms with E-state index in [1.165, 1.54) is 57.8 Å². The first kappa shape index (κ1) is 19.6. The lowest BCUT2D eigenvalue weighted by Crippen LogP contribution is -2.62. The molecule has 1 aliphatic heterocycles. The van der Waals surface area contributed by atoms with Gasteiger partial charge in [0.15, 0.2) is 5.76 Å². The van der Waals surface area contributed by atoms with Crippen LogP contribution in [0.1, 0.15) is 89.9 Å². The molecule has 3 saturated carbocycles. The molecule has 3 heterocycles. The Morgan fingerprint density at radius 2 is 1.71 bits per heavy atom. The molecule has 0 radical (unpaired) electrons. The third-order valence-corrected chi connectivity index (χ3v) is 8.63. The van der Waals surface area contributed by atoms with Crippen LogP contribution >= 0.6 is 0 Å². The van der Waals surface area contributed by atoms with E-state index < -0.39 is 0 Å². The summed E-state index contributed by atoms with van der Waals surface area (Å²) in [6.45, 7) is 0. The minimum atomic E-state index is 0.0137. The Labute approximate surface area is 184 Å². The van der Waals surface area contributed by atoms with E-state index in [0.717, 1.165) is 38.1 Å². The van der Waals surface area contributed by atoms with Gasteiger partial charge in [-0.2, -0.15) is 4.98 Å². The largest absolute Gasteiger partial charge is 0.461 e. The summed E-state index contributed by atoms with van der Waals surface area (Å²) in [5, 5.41) is 5.06. The van der Waals surface area contributed by atoms with E-state index in [0.29, 0.717) is 23.4 Å². The smallest absolute Gasteiger partial charge is 0.232 e. The molecule has 31 heavy (non-hydrogen) atoms. The first-order valence-corrected chi connectivity index (χ1v) is 12.6. The highest BCUT2D eigenvalue weighted by molar-refractivity contribution is 5.94. The van der Waals surface area contributed by atoms with Crippen LogP contribution in [0.25, 0.3) is 11.6 Å². The molecule has 4 aliphatic rings. The van der Waals surface area contributed by atoms with Crippen LogP contribution < -0.4 is 4.90 Å². The molecule has 0 aromatic carbocycles. The molecule has 2 aromatic rings. The molecule has 6 heteroatoms. The summed E-state index contributed by atoms with van der Waals surface area (Å²) < 4.78 is 7.87. The summed E-state index contributed by atoms with van der Waals surface area (Å²) in [7, 11) is 0. The van der Waals surface area contributed by atoms with Gasteiger partial charge in [-0.3, -0.25) is 9.69 Å². The zero-order valence-corrected chi connectivity index (χ0v) is 18.5. The zero-order chi connectivity index (χ0) is 20.8. The van der Waals surface area contributed by atoms with Gasteiger partial charge in [-0.05, 0) is 50.7 Å². The van der Waals surface area contributed by atoms with Crippen LogP contribution in [0.15, 0.2) is 22.8 Å². The zero-order valence-electron chi connectivity index (χ0n) is 18.5. The van der Waals surface area contributed by atoms with E-state index in [-0.39, 0.29) is 17.5 Å². The van der Waals surface area contributed by atoms with E-state index in [9.17, 15) is 4.79 Å². The molecule has 2 unspecified atom stereocenters. The lowest BCUT2D eigenvalue weighted by atomic mass is 9.64. The van der Waals surface area contributed by atoms with Gasteiger partial charge in [0.25, 0.3) is 0 Å². The molecule has 3 fully saturated rings. The van der Waals surface area contributed by atoms with Crippen LogP contribution in [0.5, 0.6) is 0 Å². The molecule has 0 saturated heterocycles. The van der Waals surface area contributed by atoms with Crippen LogP contribution in [0.3, 0.4) is 0 Å². The third kappa shape index (κ3) is 3.08. The molecule has 0 bridgehead atoms. The maximum absolute atomic E-state index is 14.0. The summed E-state index contributed by atoms with van der Waals surface area (Å²) in [5.74, 6) is 3.07. The summed E-state index contributed by atoms with van der Waals surface area (Å²) in [6.07, 6.45) is 18.2. The van der Waals surface area contributed by atoms with Gasteiger partial charge in [0.2, 0.25) is 17.7 Å². The van der Waals surface area contributed by atoms with Crippen LogP contribution in [0.2, 0.25) is 0 Å². The number of nitrogens with zero attached hydrogens (tertiary/aromatic N) is 4. The summed E-state index contributed by atoms with van der Waals surface area (Å²) in [6, 6.07) is 4.09. The second kappa shape index (κ2) is 7.79. The van der Waals surface area contributed by atoms with Crippen molar-refractivity contribution >= 4 is 11.9 Å². The normalized spacial score (nSPS) is 28.3. The Morgan fingerprint density at radius 1 is 0.968 bits per heavy atom. The molecule has 1 amide bonds. The number of rotatable bonds is 2. The number of anilines is 1. The van der Waals surface area contributed by atoms with Gasteiger partial charge in [-0.25, -0.2) is 4.68 Å².